The maximum Gasteiger partial charge on any atom is 0.227 e. The lowest BCUT2D eigenvalue weighted by Crippen LogP contribution is -2.15. The number of ether oxygens (including phenoxy) is 1. The highest BCUT2D eigenvalue weighted by molar-refractivity contribution is 9.11. The summed E-state index contributed by atoms with van der Waals surface area (Å²) in [5.41, 5.74) is 6.97. The van der Waals surface area contributed by atoms with Crippen LogP contribution < -0.4 is 15.8 Å². The average molecular weight is 414 g/mol. The summed E-state index contributed by atoms with van der Waals surface area (Å²) < 4.78 is 7.38. The molecule has 0 aromatic heterocycles. The highest BCUT2D eigenvalue weighted by Crippen LogP contribution is 2.28. The van der Waals surface area contributed by atoms with Crippen LogP contribution in [0.15, 0.2) is 51.4 Å². The van der Waals surface area contributed by atoms with E-state index in [2.05, 4.69) is 37.2 Å². The van der Waals surface area contributed by atoms with Gasteiger partial charge in [0.15, 0.2) is 0 Å². The van der Waals surface area contributed by atoms with Crippen molar-refractivity contribution in [3.63, 3.8) is 0 Å². The molecule has 3 N–H and O–H groups in total. The monoisotopic (exact) mass is 412 g/mol. The third-order valence-electron chi connectivity index (χ3n) is 2.68. The standard InChI is InChI=1S/C15H14Br2N2O2/c16-10-1-6-14(13(17)9-10)21-8-7-15(20)19-12-4-2-11(18)3-5-12/h1-6,9H,7-8,18H2,(H,19,20). The molecule has 2 aromatic carbocycles. The molecule has 110 valence electrons. The summed E-state index contributed by atoms with van der Waals surface area (Å²) >= 11 is 6.78. The zero-order chi connectivity index (χ0) is 15.2. The minimum absolute atomic E-state index is 0.104. The Kier molecular flexibility index (Phi) is 5.64. The summed E-state index contributed by atoms with van der Waals surface area (Å²) in [5.74, 6) is 0.603. The normalized spacial score (nSPS) is 10.2. The molecule has 0 aliphatic rings. The Morgan fingerprint density at radius 1 is 1.14 bits per heavy atom. The zero-order valence-electron chi connectivity index (χ0n) is 11.1. The third kappa shape index (κ3) is 5.06. The van der Waals surface area contributed by atoms with Crippen molar-refractivity contribution in [2.24, 2.45) is 0 Å². The Morgan fingerprint density at radius 2 is 1.86 bits per heavy atom. The topological polar surface area (TPSA) is 64.3 Å². The summed E-state index contributed by atoms with van der Waals surface area (Å²) in [6.45, 7) is 0.307. The molecule has 0 bridgehead atoms. The van der Waals surface area contributed by atoms with Gasteiger partial charge >= 0.3 is 0 Å². The first kappa shape index (κ1) is 15.9. The molecule has 2 aromatic rings. The van der Waals surface area contributed by atoms with Crippen LogP contribution in [-0.4, -0.2) is 12.5 Å². The Balaban J connectivity index is 1.80. The van der Waals surface area contributed by atoms with Crippen LogP contribution in [-0.2, 0) is 4.79 Å². The van der Waals surface area contributed by atoms with Gasteiger partial charge in [0, 0.05) is 15.8 Å². The third-order valence-corrected chi connectivity index (χ3v) is 3.79. The van der Waals surface area contributed by atoms with Gasteiger partial charge in [0.1, 0.15) is 5.75 Å². The Labute approximate surface area is 139 Å². The van der Waals surface area contributed by atoms with Gasteiger partial charge in [-0.05, 0) is 58.4 Å². The van der Waals surface area contributed by atoms with Crippen molar-refractivity contribution in [1.82, 2.24) is 0 Å². The van der Waals surface area contributed by atoms with E-state index in [9.17, 15) is 4.79 Å². The quantitative estimate of drug-likeness (QED) is 0.722. The summed E-state index contributed by atoms with van der Waals surface area (Å²) in [7, 11) is 0. The number of rotatable bonds is 5. The summed E-state index contributed by atoms with van der Waals surface area (Å²) in [6.07, 6.45) is 0.271. The number of halogens is 2. The molecular formula is C15H14Br2N2O2. The van der Waals surface area contributed by atoms with Crippen LogP contribution >= 0.6 is 31.9 Å². The van der Waals surface area contributed by atoms with Crippen LogP contribution in [0.25, 0.3) is 0 Å². The van der Waals surface area contributed by atoms with Gasteiger partial charge in [0.25, 0.3) is 0 Å². The number of carbonyl (C=O) groups excluding carboxylic acids is 1. The second-order valence-corrected chi connectivity index (χ2v) is 6.11. The molecule has 0 saturated heterocycles. The van der Waals surface area contributed by atoms with Crippen LogP contribution in [0.1, 0.15) is 6.42 Å². The van der Waals surface area contributed by atoms with Gasteiger partial charge in [0.05, 0.1) is 17.5 Å². The van der Waals surface area contributed by atoms with Crippen molar-refractivity contribution in [2.75, 3.05) is 17.7 Å². The summed E-state index contributed by atoms with van der Waals surface area (Å²) in [5, 5.41) is 2.79. The van der Waals surface area contributed by atoms with E-state index in [4.69, 9.17) is 10.5 Å². The molecule has 0 atom stereocenters. The molecular weight excluding hydrogens is 400 g/mol. The number of amides is 1. The number of nitrogens with one attached hydrogen (secondary N) is 1. The maximum atomic E-state index is 11.8. The lowest BCUT2D eigenvalue weighted by molar-refractivity contribution is -0.116. The first-order valence-electron chi connectivity index (χ1n) is 6.28. The number of hydrogen-bond donors (Lipinski definition) is 2. The fourth-order valence-corrected chi connectivity index (χ4v) is 2.80. The molecule has 0 heterocycles. The minimum atomic E-state index is -0.104. The van der Waals surface area contributed by atoms with E-state index in [1.807, 2.05) is 18.2 Å². The van der Waals surface area contributed by atoms with Crippen molar-refractivity contribution >= 4 is 49.1 Å². The lowest BCUT2D eigenvalue weighted by Gasteiger charge is -2.09. The van der Waals surface area contributed by atoms with Gasteiger partial charge in [-0.3, -0.25) is 4.79 Å². The molecule has 0 spiro atoms. The predicted molar refractivity (Wildman–Crippen MR) is 91.4 cm³/mol. The fourth-order valence-electron chi connectivity index (χ4n) is 1.64. The highest BCUT2D eigenvalue weighted by Gasteiger charge is 2.05. The molecule has 0 aliphatic heterocycles. The Morgan fingerprint density at radius 3 is 2.52 bits per heavy atom. The van der Waals surface area contributed by atoms with Gasteiger partial charge in [-0.25, -0.2) is 0 Å². The molecule has 1 amide bonds. The fraction of sp³-hybridized carbons (Fsp3) is 0.133. The number of nitrogens with two attached hydrogens (primary N) is 1. The SMILES string of the molecule is Nc1ccc(NC(=O)CCOc2ccc(Br)cc2Br)cc1. The molecule has 6 heteroatoms. The number of hydrogen-bond acceptors (Lipinski definition) is 3. The lowest BCUT2D eigenvalue weighted by atomic mass is 10.3. The van der Waals surface area contributed by atoms with Gasteiger partial charge in [-0.2, -0.15) is 0 Å². The molecule has 0 fully saturated rings. The van der Waals surface area contributed by atoms with Gasteiger partial charge in [-0.15, -0.1) is 0 Å². The largest absolute Gasteiger partial charge is 0.492 e. The highest BCUT2D eigenvalue weighted by atomic mass is 79.9. The Bertz CT molecular complexity index is 630. The summed E-state index contributed by atoms with van der Waals surface area (Å²) in [4.78, 5) is 11.8. The number of anilines is 2. The van der Waals surface area contributed by atoms with Gasteiger partial charge in [0.2, 0.25) is 5.91 Å². The van der Waals surface area contributed by atoms with Crippen molar-refractivity contribution in [3.8, 4) is 5.75 Å². The Hall–Kier alpha value is -1.53. The maximum absolute atomic E-state index is 11.8. The van der Waals surface area contributed by atoms with Crippen molar-refractivity contribution < 1.29 is 9.53 Å². The molecule has 0 saturated carbocycles. The van der Waals surface area contributed by atoms with Gasteiger partial charge in [-0.1, -0.05) is 15.9 Å². The van der Waals surface area contributed by atoms with E-state index in [-0.39, 0.29) is 12.3 Å². The van der Waals surface area contributed by atoms with Gasteiger partial charge < -0.3 is 15.8 Å². The van der Waals surface area contributed by atoms with Crippen molar-refractivity contribution in [2.45, 2.75) is 6.42 Å². The molecule has 4 nitrogen and oxygen atoms in total. The van der Waals surface area contributed by atoms with E-state index in [1.54, 1.807) is 24.3 Å². The number of nitrogen functional groups attached to an aromatic ring is 1. The van der Waals surface area contributed by atoms with Crippen LogP contribution in [0.2, 0.25) is 0 Å². The smallest absolute Gasteiger partial charge is 0.227 e. The van der Waals surface area contributed by atoms with Crippen molar-refractivity contribution in [1.29, 1.82) is 0 Å². The van der Waals surface area contributed by atoms with Crippen LogP contribution in [0.4, 0.5) is 11.4 Å². The second kappa shape index (κ2) is 7.47. The molecule has 2 rings (SSSR count). The summed E-state index contributed by atoms with van der Waals surface area (Å²) in [6, 6.07) is 12.6. The first-order chi connectivity index (χ1) is 10.0. The first-order valence-corrected chi connectivity index (χ1v) is 7.86. The zero-order valence-corrected chi connectivity index (χ0v) is 14.3. The molecule has 21 heavy (non-hydrogen) atoms. The average Bonchev–Trinajstić information content (AvgIpc) is 2.44. The van der Waals surface area contributed by atoms with Crippen LogP contribution in [0.5, 0.6) is 5.75 Å². The molecule has 0 unspecified atom stereocenters. The van der Waals surface area contributed by atoms with E-state index >= 15 is 0 Å². The predicted octanol–water partition coefficient (Wildman–Crippen LogP) is 4.20. The van der Waals surface area contributed by atoms with E-state index < -0.39 is 0 Å². The second-order valence-electron chi connectivity index (χ2n) is 4.34. The van der Waals surface area contributed by atoms with Crippen molar-refractivity contribution in [3.05, 3.63) is 51.4 Å². The minimum Gasteiger partial charge on any atom is -0.492 e. The van der Waals surface area contributed by atoms with Crippen LogP contribution in [0, 0.1) is 0 Å². The van der Waals surface area contributed by atoms with E-state index in [0.29, 0.717) is 18.0 Å². The van der Waals surface area contributed by atoms with E-state index in [0.717, 1.165) is 14.6 Å². The molecule has 0 aliphatic carbocycles. The van der Waals surface area contributed by atoms with Crippen LogP contribution in [0.3, 0.4) is 0 Å². The number of benzene rings is 2. The van der Waals surface area contributed by atoms with E-state index in [1.165, 1.54) is 0 Å². The number of carbonyl (C=O) groups is 1. The molecule has 0 radical (unpaired) electrons.